The predicted molar refractivity (Wildman–Crippen MR) is 90.6 cm³/mol. The van der Waals surface area contributed by atoms with Crippen LogP contribution in [0.1, 0.15) is 12.5 Å². The van der Waals surface area contributed by atoms with Gasteiger partial charge in [0.15, 0.2) is 6.10 Å². The number of benzene rings is 2. The number of carbonyl (C=O) groups is 1. The van der Waals surface area contributed by atoms with Crippen molar-refractivity contribution in [1.82, 2.24) is 4.72 Å². The summed E-state index contributed by atoms with van der Waals surface area (Å²) in [6, 6.07) is 11.3. The molecule has 0 spiro atoms. The quantitative estimate of drug-likeness (QED) is 0.870. The number of hydrogen-bond acceptors (Lipinski definition) is 4. The van der Waals surface area contributed by atoms with Crippen LogP contribution in [0, 0.1) is 0 Å². The van der Waals surface area contributed by atoms with Gasteiger partial charge in [0.2, 0.25) is 10.0 Å². The molecule has 1 atom stereocenters. The Labute approximate surface area is 144 Å². The highest BCUT2D eigenvalue weighted by Crippen LogP contribution is 2.31. The molecule has 0 aromatic heterocycles. The number of ether oxygens (including phenoxy) is 1. The molecule has 1 aliphatic rings. The predicted octanol–water partition coefficient (Wildman–Crippen LogP) is 2.54. The van der Waals surface area contributed by atoms with Crippen LogP contribution in [-0.2, 0) is 21.4 Å². The van der Waals surface area contributed by atoms with Gasteiger partial charge in [0.25, 0.3) is 5.91 Å². The molecule has 2 aromatic rings. The molecule has 0 saturated heterocycles. The van der Waals surface area contributed by atoms with Crippen LogP contribution in [0.25, 0.3) is 0 Å². The second-order valence-corrected chi connectivity index (χ2v) is 7.50. The van der Waals surface area contributed by atoms with E-state index in [2.05, 4.69) is 10.0 Å². The second-order valence-electron chi connectivity index (χ2n) is 5.32. The summed E-state index contributed by atoms with van der Waals surface area (Å²) < 4.78 is 32.8. The first kappa shape index (κ1) is 16.8. The number of fused-ring (bicyclic) bond motifs is 1. The molecule has 24 heavy (non-hydrogen) atoms. The fraction of sp³-hybridized carbons (Fsp3) is 0.188. The van der Waals surface area contributed by atoms with Crippen molar-refractivity contribution in [3.05, 3.63) is 53.1 Å². The topological polar surface area (TPSA) is 84.5 Å². The van der Waals surface area contributed by atoms with Crippen LogP contribution in [-0.4, -0.2) is 20.4 Å². The zero-order chi connectivity index (χ0) is 17.3. The second kappa shape index (κ2) is 6.43. The molecule has 0 bridgehead atoms. The van der Waals surface area contributed by atoms with E-state index >= 15 is 0 Å². The minimum Gasteiger partial charge on any atom is -0.479 e. The van der Waals surface area contributed by atoms with Crippen LogP contribution in [0.15, 0.2) is 47.4 Å². The molecule has 3 rings (SSSR count). The first-order valence-corrected chi connectivity index (χ1v) is 9.07. The Morgan fingerprint density at radius 1 is 1.25 bits per heavy atom. The van der Waals surface area contributed by atoms with Gasteiger partial charge >= 0.3 is 0 Å². The van der Waals surface area contributed by atoms with Gasteiger partial charge in [0, 0.05) is 11.6 Å². The molecular formula is C16H15ClN2O4S. The van der Waals surface area contributed by atoms with Crippen LogP contribution in [0.4, 0.5) is 5.69 Å². The number of sulfonamides is 1. The molecule has 126 valence electrons. The van der Waals surface area contributed by atoms with Gasteiger partial charge in [0.1, 0.15) is 5.75 Å². The minimum absolute atomic E-state index is 0.0340. The van der Waals surface area contributed by atoms with Crippen LogP contribution < -0.4 is 14.8 Å². The highest BCUT2D eigenvalue weighted by Gasteiger charge is 2.25. The van der Waals surface area contributed by atoms with E-state index in [1.54, 1.807) is 31.2 Å². The van der Waals surface area contributed by atoms with Gasteiger partial charge in [-0.1, -0.05) is 29.8 Å². The van der Waals surface area contributed by atoms with E-state index < -0.39 is 16.1 Å². The Morgan fingerprint density at radius 3 is 2.75 bits per heavy atom. The third-order valence-corrected chi connectivity index (χ3v) is 5.37. The molecule has 1 aliphatic heterocycles. The summed E-state index contributed by atoms with van der Waals surface area (Å²) in [4.78, 5) is 11.7. The van der Waals surface area contributed by atoms with Crippen molar-refractivity contribution in [2.45, 2.75) is 24.5 Å². The highest BCUT2D eigenvalue weighted by molar-refractivity contribution is 7.89. The average Bonchev–Trinajstić information content (AvgIpc) is 2.55. The maximum absolute atomic E-state index is 12.4. The lowest BCUT2D eigenvalue weighted by molar-refractivity contribution is -0.122. The van der Waals surface area contributed by atoms with Gasteiger partial charge in [-0.05, 0) is 36.8 Å². The normalized spacial score (nSPS) is 16.9. The lowest BCUT2D eigenvalue weighted by atomic mass is 10.2. The zero-order valence-corrected chi connectivity index (χ0v) is 14.3. The number of halogens is 1. The van der Waals surface area contributed by atoms with E-state index in [0.717, 1.165) is 0 Å². The van der Waals surface area contributed by atoms with Gasteiger partial charge in [-0.2, -0.15) is 0 Å². The molecular weight excluding hydrogens is 352 g/mol. The molecule has 1 heterocycles. The molecule has 2 aromatic carbocycles. The van der Waals surface area contributed by atoms with Gasteiger partial charge in [-0.25, -0.2) is 13.1 Å². The first-order chi connectivity index (χ1) is 11.4. The molecule has 0 saturated carbocycles. The van der Waals surface area contributed by atoms with Crippen molar-refractivity contribution in [2.24, 2.45) is 0 Å². The van der Waals surface area contributed by atoms with Crippen molar-refractivity contribution >= 4 is 33.2 Å². The summed E-state index contributed by atoms with van der Waals surface area (Å²) in [5, 5.41) is 3.11. The minimum atomic E-state index is -3.76. The first-order valence-electron chi connectivity index (χ1n) is 7.21. The highest BCUT2D eigenvalue weighted by atomic mass is 35.5. The van der Waals surface area contributed by atoms with E-state index in [0.29, 0.717) is 22.0 Å². The summed E-state index contributed by atoms with van der Waals surface area (Å²) >= 11 is 6.02. The maximum atomic E-state index is 12.4. The Kier molecular flexibility index (Phi) is 4.49. The zero-order valence-electron chi connectivity index (χ0n) is 12.7. The summed E-state index contributed by atoms with van der Waals surface area (Å²) in [6.45, 7) is 1.69. The number of rotatable bonds is 4. The Morgan fingerprint density at radius 2 is 2.00 bits per heavy atom. The molecule has 2 N–H and O–H groups in total. The van der Waals surface area contributed by atoms with Crippen LogP contribution >= 0.6 is 11.6 Å². The van der Waals surface area contributed by atoms with E-state index in [-0.39, 0.29) is 17.3 Å². The van der Waals surface area contributed by atoms with Crippen LogP contribution in [0.2, 0.25) is 5.02 Å². The summed E-state index contributed by atoms with van der Waals surface area (Å²) in [5.74, 6) is 0.119. The summed E-state index contributed by atoms with van der Waals surface area (Å²) in [6.07, 6.45) is -0.613. The molecule has 8 heteroatoms. The maximum Gasteiger partial charge on any atom is 0.265 e. The summed E-state index contributed by atoms with van der Waals surface area (Å²) in [5.41, 5.74) is 1.00. The Bertz CT molecular complexity index is 899. The van der Waals surface area contributed by atoms with Gasteiger partial charge in [0.05, 0.1) is 10.6 Å². The van der Waals surface area contributed by atoms with Crippen molar-refractivity contribution in [3.63, 3.8) is 0 Å². The third kappa shape index (κ3) is 3.38. The fourth-order valence-corrected chi connectivity index (χ4v) is 3.49. The van der Waals surface area contributed by atoms with E-state index in [9.17, 15) is 13.2 Å². The van der Waals surface area contributed by atoms with Crippen molar-refractivity contribution in [3.8, 4) is 5.75 Å². The molecule has 1 unspecified atom stereocenters. The van der Waals surface area contributed by atoms with Crippen LogP contribution in [0.5, 0.6) is 5.75 Å². The number of nitrogens with one attached hydrogen (secondary N) is 2. The largest absolute Gasteiger partial charge is 0.479 e. The number of hydrogen-bond donors (Lipinski definition) is 2. The average molecular weight is 367 g/mol. The van der Waals surface area contributed by atoms with E-state index in [1.807, 2.05) is 0 Å². The SMILES string of the molecule is CC1Oc2ccc(S(=O)(=O)NCc3ccccc3Cl)cc2NC1=O. The van der Waals surface area contributed by atoms with Crippen LogP contribution in [0.3, 0.4) is 0 Å². The monoisotopic (exact) mass is 366 g/mol. The molecule has 0 radical (unpaired) electrons. The number of anilines is 1. The number of amides is 1. The van der Waals surface area contributed by atoms with Gasteiger partial charge in [-0.15, -0.1) is 0 Å². The Balaban J connectivity index is 1.82. The third-order valence-electron chi connectivity index (χ3n) is 3.60. The summed E-state index contributed by atoms with van der Waals surface area (Å²) in [7, 11) is -3.76. The van der Waals surface area contributed by atoms with E-state index in [4.69, 9.17) is 16.3 Å². The van der Waals surface area contributed by atoms with Gasteiger partial charge < -0.3 is 10.1 Å². The van der Waals surface area contributed by atoms with Crippen molar-refractivity contribution in [1.29, 1.82) is 0 Å². The Hall–Kier alpha value is -2.09. The van der Waals surface area contributed by atoms with Crippen molar-refractivity contribution in [2.75, 3.05) is 5.32 Å². The van der Waals surface area contributed by atoms with E-state index in [1.165, 1.54) is 18.2 Å². The fourth-order valence-electron chi connectivity index (χ4n) is 2.25. The van der Waals surface area contributed by atoms with Gasteiger partial charge in [-0.3, -0.25) is 4.79 Å². The molecule has 6 nitrogen and oxygen atoms in total. The smallest absolute Gasteiger partial charge is 0.265 e. The lowest BCUT2D eigenvalue weighted by Crippen LogP contribution is -2.34. The lowest BCUT2D eigenvalue weighted by Gasteiger charge is -2.23. The molecule has 0 aliphatic carbocycles. The molecule has 0 fully saturated rings. The standard InChI is InChI=1S/C16H15ClN2O4S/c1-10-16(20)19-14-8-12(6-7-15(14)23-10)24(21,22)18-9-11-4-2-3-5-13(11)17/h2-8,10,18H,9H2,1H3,(H,19,20). The molecule has 1 amide bonds. The van der Waals surface area contributed by atoms with Crippen molar-refractivity contribution < 1.29 is 17.9 Å². The number of carbonyl (C=O) groups excluding carboxylic acids is 1.